The van der Waals surface area contributed by atoms with Gasteiger partial charge in [-0.2, -0.15) is 0 Å². The van der Waals surface area contributed by atoms with E-state index in [0.717, 1.165) is 12.8 Å². The lowest BCUT2D eigenvalue weighted by molar-refractivity contribution is -0.861. The molecule has 0 spiro atoms. The van der Waals surface area contributed by atoms with Crippen LogP contribution in [0.15, 0.2) is 0 Å². The molecule has 1 atom stereocenters. The quantitative estimate of drug-likeness (QED) is 0.394. The van der Waals surface area contributed by atoms with Gasteiger partial charge in [-0.15, -0.1) is 0 Å². The first kappa shape index (κ1) is 17.1. The molecule has 0 radical (unpaired) electrons. The van der Waals surface area contributed by atoms with Gasteiger partial charge >= 0.3 is 0 Å². The van der Waals surface area contributed by atoms with Crippen molar-refractivity contribution in [2.45, 2.75) is 45.4 Å². The number of quaternary nitrogens is 1. The maximum absolute atomic E-state index is 11.8. The van der Waals surface area contributed by atoms with Crippen molar-refractivity contribution >= 4 is 13.3 Å². The van der Waals surface area contributed by atoms with E-state index in [2.05, 4.69) is 6.92 Å². The van der Waals surface area contributed by atoms with Crippen LogP contribution in [0.25, 0.3) is 0 Å². The Morgan fingerprint density at radius 2 is 1.59 bits per heavy atom. The summed E-state index contributed by atoms with van der Waals surface area (Å²) >= 11 is 0. The van der Waals surface area contributed by atoms with E-state index in [4.69, 9.17) is 0 Å². The van der Waals surface area contributed by atoms with Crippen molar-refractivity contribution in [3.05, 3.63) is 0 Å². The zero-order valence-corrected chi connectivity index (χ0v) is 12.8. The van der Waals surface area contributed by atoms with Gasteiger partial charge in [0.1, 0.15) is 6.16 Å². The number of unbranched alkanes of at least 4 members (excludes halogenated alkanes) is 5. The lowest BCUT2D eigenvalue weighted by Crippen LogP contribution is -2.39. The summed E-state index contributed by atoms with van der Waals surface area (Å²) in [5.41, 5.74) is 0.182. The van der Waals surface area contributed by atoms with Crippen LogP contribution in [-0.2, 0) is 0 Å². The molecule has 0 aromatic heterocycles. The predicted octanol–water partition coefficient (Wildman–Crippen LogP) is 2.31. The van der Waals surface area contributed by atoms with Gasteiger partial charge in [-0.1, -0.05) is 32.6 Å². The summed E-state index contributed by atoms with van der Waals surface area (Å²) < 4.78 is 0.628. The molecule has 0 rings (SSSR count). The molecule has 1 unspecified atom stereocenters. The molecular weight excluding hydrogens is 233 g/mol. The van der Waals surface area contributed by atoms with E-state index in [-0.39, 0.29) is 5.48 Å². The summed E-state index contributed by atoms with van der Waals surface area (Å²) in [6.45, 7) is 2.69. The fourth-order valence-corrected chi connectivity index (χ4v) is 3.02. The summed E-state index contributed by atoms with van der Waals surface area (Å²) in [5.74, 6) is 0. The minimum Gasteiger partial charge on any atom is -0.629 e. The largest absolute Gasteiger partial charge is 0.629 e. The molecular formula is C13H29NO2P+. The SMILES string of the molecule is CCCCCCCC/[P+]([O-])=C(\O)C[N+](C)(C)C. The smallest absolute Gasteiger partial charge is 0.273 e. The highest BCUT2D eigenvalue weighted by atomic mass is 31.1. The monoisotopic (exact) mass is 262 g/mol. The number of aliphatic hydroxyl groups excluding tert-OH is 1. The van der Waals surface area contributed by atoms with Gasteiger partial charge in [0, 0.05) is 0 Å². The molecule has 1 N–H and O–H groups in total. The van der Waals surface area contributed by atoms with Crippen molar-refractivity contribution in [1.82, 2.24) is 0 Å². The molecule has 0 aromatic rings. The van der Waals surface area contributed by atoms with E-state index < -0.39 is 7.77 Å². The van der Waals surface area contributed by atoms with Crippen LogP contribution < -0.4 is 4.89 Å². The lowest BCUT2D eigenvalue weighted by Gasteiger charge is -2.22. The Morgan fingerprint density at radius 1 is 1.06 bits per heavy atom. The first-order valence-corrected chi connectivity index (χ1v) is 8.11. The third-order valence-corrected chi connectivity index (χ3v) is 4.06. The average Bonchev–Trinajstić information content (AvgIpc) is 2.20. The zero-order valence-electron chi connectivity index (χ0n) is 11.9. The van der Waals surface area contributed by atoms with E-state index in [1.54, 1.807) is 0 Å². The Balaban J connectivity index is 3.76. The van der Waals surface area contributed by atoms with E-state index in [9.17, 15) is 10.00 Å². The number of hydrogen-bond acceptors (Lipinski definition) is 1. The van der Waals surface area contributed by atoms with Gasteiger partial charge in [0.15, 0.2) is 6.54 Å². The highest BCUT2D eigenvalue weighted by Crippen LogP contribution is 2.17. The Hall–Kier alpha value is 0.0500. The van der Waals surface area contributed by atoms with Crippen molar-refractivity contribution in [2.75, 3.05) is 33.8 Å². The molecule has 0 aliphatic rings. The minimum absolute atomic E-state index is 0.182. The second kappa shape index (κ2) is 9.04. The zero-order chi connectivity index (χ0) is 13.3. The van der Waals surface area contributed by atoms with Crippen molar-refractivity contribution in [1.29, 1.82) is 0 Å². The van der Waals surface area contributed by atoms with Gasteiger partial charge in [-0.3, -0.25) is 0 Å². The van der Waals surface area contributed by atoms with Gasteiger partial charge in [0.2, 0.25) is 0 Å². The van der Waals surface area contributed by atoms with Crippen LogP contribution in [0.2, 0.25) is 0 Å². The third-order valence-electron chi connectivity index (χ3n) is 2.62. The predicted molar refractivity (Wildman–Crippen MR) is 75.0 cm³/mol. The van der Waals surface area contributed by atoms with Crippen molar-refractivity contribution < 1.29 is 14.5 Å². The number of aliphatic hydroxyl groups is 1. The molecule has 0 bridgehead atoms. The number of likely N-dealkylation sites (N-methyl/N-ethyl adjacent to an activating group) is 1. The molecule has 0 saturated heterocycles. The molecule has 0 aromatic carbocycles. The topological polar surface area (TPSA) is 43.3 Å². The number of rotatable bonds is 9. The summed E-state index contributed by atoms with van der Waals surface area (Å²) in [6.07, 6.45) is 7.82. The van der Waals surface area contributed by atoms with E-state index in [1.807, 2.05) is 21.1 Å². The van der Waals surface area contributed by atoms with Gasteiger partial charge in [-0.05, 0) is 12.8 Å². The van der Waals surface area contributed by atoms with Crippen LogP contribution in [-0.4, -0.2) is 48.9 Å². The molecule has 4 heteroatoms. The van der Waals surface area contributed by atoms with Crippen LogP contribution >= 0.6 is 7.77 Å². The van der Waals surface area contributed by atoms with Gasteiger partial charge in [0.05, 0.1) is 28.9 Å². The van der Waals surface area contributed by atoms with Crippen LogP contribution in [0.1, 0.15) is 45.4 Å². The van der Waals surface area contributed by atoms with Gasteiger partial charge in [-0.25, -0.2) is 0 Å². The van der Waals surface area contributed by atoms with E-state index in [1.165, 1.54) is 25.7 Å². The highest BCUT2D eigenvalue weighted by molar-refractivity contribution is 7.51. The average molecular weight is 262 g/mol. The molecule has 3 nitrogen and oxygen atoms in total. The number of hydrogen-bond donors (Lipinski definition) is 1. The second-order valence-corrected chi connectivity index (χ2v) is 7.45. The van der Waals surface area contributed by atoms with Crippen molar-refractivity contribution in [2.24, 2.45) is 0 Å². The fraction of sp³-hybridized carbons (Fsp3) is 0.923. The maximum Gasteiger partial charge on any atom is 0.273 e. The first-order chi connectivity index (χ1) is 7.87. The first-order valence-electron chi connectivity index (χ1n) is 6.66. The Kier molecular flexibility index (Phi) is 9.07. The molecule has 0 saturated carbocycles. The highest BCUT2D eigenvalue weighted by Gasteiger charge is 2.16. The van der Waals surface area contributed by atoms with Crippen LogP contribution in [0.3, 0.4) is 0 Å². The second-order valence-electron chi connectivity index (χ2n) is 5.73. The standard InChI is InChI=1S/C13H28NO2P/c1-5-6-7-8-9-10-11-17(16)13(15)12-14(2,3)4/h5-12H2,1-4H3/p+1. The summed E-state index contributed by atoms with van der Waals surface area (Å²) in [6, 6.07) is 0. The molecule has 0 aliphatic carbocycles. The summed E-state index contributed by atoms with van der Waals surface area (Å²) in [5, 5.41) is 9.71. The summed E-state index contributed by atoms with van der Waals surface area (Å²) in [4.78, 5) is 11.8. The van der Waals surface area contributed by atoms with Gasteiger partial charge < -0.3 is 14.5 Å². The van der Waals surface area contributed by atoms with E-state index >= 15 is 0 Å². The Morgan fingerprint density at radius 3 is 2.12 bits per heavy atom. The lowest BCUT2D eigenvalue weighted by atomic mass is 10.1. The molecule has 17 heavy (non-hydrogen) atoms. The van der Waals surface area contributed by atoms with Crippen LogP contribution in [0, 0.1) is 0 Å². The third kappa shape index (κ3) is 10.9. The van der Waals surface area contributed by atoms with Crippen molar-refractivity contribution in [3.8, 4) is 0 Å². The number of nitrogens with zero attached hydrogens (tertiary/aromatic N) is 1. The Labute approximate surface area is 108 Å². The maximum atomic E-state index is 11.8. The van der Waals surface area contributed by atoms with Crippen LogP contribution in [0.4, 0.5) is 0 Å². The van der Waals surface area contributed by atoms with E-state index in [0.29, 0.717) is 17.2 Å². The molecule has 0 fully saturated rings. The minimum atomic E-state index is -1.52. The van der Waals surface area contributed by atoms with Crippen molar-refractivity contribution in [3.63, 3.8) is 0 Å². The molecule has 0 amide bonds. The van der Waals surface area contributed by atoms with Crippen LogP contribution in [0.5, 0.6) is 0 Å². The fourth-order valence-electron chi connectivity index (χ4n) is 1.67. The molecule has 102 valence electrons. The molecule has 0 aliphatic heterocycles. The van der Waals surface area contributed by atoms with Gasteiger partial charge in [0.25, 0.3) is 5.48 Å². The normalized spacial score (nSPS) is 13.8. The summed E-state index contributed by atoms with van der Waals surface area (Å²) in [7, 11) is 4.45. The Bertz CT molecular complexity index is 234. The molecule has 0 heterocycles.